The smallest absolute Gasteiger partial charge is 0.203 e. The van der Waals surface area contributed by atoms with Crippen molar-refractivity contribution in [3.05, 3.63) is 82.4 Å². The van der Waals surface area contributed by atoms with E-state index in [1.54, 1.807) is 35.5 Å². The van der Waals surface area contributed by atoms with Crippen LogP contribution in [0.2, 0.25) is 0 Å². The number of fused-ring (bicyclic) bond motifs is 1. The van der Waals surface area contributed by atoms with Gasteiger partial charge >= 0.3 is 0 Å². The Labute approximate surface area is 205 Å². The van der Waals surface area contributed by atoms with Crippen molar-refractivity contribution in [2.45, 2.75) is 6.42 Å². The SMILES string of the molecule is COc1ccc(/C=C2\Cc3c(cc(OC)c(OC)c3OC)/C(=C\c3ccc(OC)cc3)C2=O)cc1. The molecule has 180 valence electrons. The van der Waals surface area contributed by atoms with E-state index >= 15 is 0 Å². The van der Waals surface area contributed by atoms with Crippen LogP contribution in [0.15, 0.2) is 60.2 Å². The van der Waals surface area contributed by atoms with Crippen molar-refractivity contribution in [2.75, 3.05) is 35.5 Å². The van der Waals surface area contributed by atoms with E-state index in [-0.39, 0.29) is 5.78 Å². The van der Waals surface area contributed by atoms with Gasteiger partial charge in [-0.3, -0.25) is 4.79 Å². The Hall–Kier alpha value is -4.19. The molecule has 0 heterocycles. The highest BCUT2D eigenvalue weighted by Gasteiger charge is 2.32. The van der Waals surface area contributed by atoms with Gasteiger partial charge in [0.2, 0.25) is 5.75 Å². The average molecular weight is 473 g/mol. The largest absolute Gasteiger partial charge is 0.497 e. The van der Waals surface area contributed by atoms with E-state index < -0.39 is 0 Å². The Bertz CT molecular complexity index is 1280. The number of rotatable bonds is 7. The van der Waals surface area contributed by atoms with Crippen LogP contribution in [0.4, 0.5) is 0 Å². The first kappa shape index (κ1) is 24.0. The van der Waals surface area contributed by atoms with Gasteiger partial charge in [0.15, 0.2) is 17.3 Å². The van der Waals surface area contributed by atoms with Gasteiger partial charge in [0.05, 0.1) is 35.5 Å². The average Bonchev–Trinajstić information content (AvgIpc) is 2.90. The van der Waals surface area contributed by atoms with E-state index in [1.807, 2.05) is 66.7 Å². The predicted molar refractivity (Wildman–Crippen MR) is 137 cm³/mol. The van der Waals surface area contributed by atoms with E-state index in [4.69, 9.17) is 23.7 Å². The highest BCUT2D eigenvalue weighted by atomic mass is 16.5. The lowest BCUT2D eigenvalue weighted by Gasteiger charge is -2.25. The molecule has 0 aliphatic heterocycles. The van der Waals surface area contributed by atoms with Gasteiger partial charge < -0.3 is 23.7 Å². The number of hydrogen-bond acceptors (Lipinski definition) is 6. The van der Waals surface area contributed by atoms with Crippen molar-refractivity contribution < 1.29 is 28.5 Å². The van der Waals surface area contributed by atoms with Crippen LogP contribution in [0.5, 0.6) is 28.7 Å². The molecule has 0 amide bonds. The fourth-order valence-electron chi connectivity index (χ4n) is 4.23. The second-order valence-corrected chi connectivity index (χ2v) is 7.95. The molecule has 3 aromatic carbocycles. The molecule has 4 rings (SSSR count). The van der Waals surface area contributed by atoms with E-state index in [0.717, 1.165) is 33.8 Å². The first-order valence-corrected chi connectivity index (χ1v) is 11.1. The van der Waals surface area contributed by atoms with Gasteiger partial charge in [-0.2, -0.15) is 0 Å². The van der Waals surface area contributed by atoms with Crippen molar-refractivity contribution in [2.24, 2.45) is 0 Å². The highest BCUT2D eigenvalue weighted by Crippen LogP contribution is 2.48. The van der Waals surface area contributed by atoms with Crippen LogP contribution < -0.4 is 23.7 Å². The zero-order valence-corrected chi connectivity index (χ0v) is 20.5. The van der Waals surface area contributed by atoms with Crippen molar-refractivity contribution >= 4 is 23.5 Å². The highest BCUT2D eigenvalue weighted by molar-refractivity contribution is 6.35. The summed E-state index contributed by atoms with van der Waals surface area (Å²) < 4.78 is 27.5. The molecular formula is C29H28O6. The quantitative estimate of drug-likeness (QED) is 0.425. The molecule has 0 saturated heterocycles. The topological polar surface area (TPSA) is 63.2 Å². The molecule has 3 aromatic rings. The summed E-state index contributed by atoms with van der Waals surface area (Å²) in [6.07, 6.45) is 4.18. The molecule has 1 aliphatic carbocycles. The molecular weight excluding hydrogens is 444 g/mol. The maximum absolute atomic E-state index is 13.8. The van der Waals surface area contributed by atoms with Crippen LogP contribution in [0.3, 0.4) is 0 Å². The number of Topliss-reactive ketones (excluding diaryl/α,β-unsaturated/α-hetero) is 1. The summed E-state index contributed by atoms with van der Waals surface area (Å²) in [4.78, 5) is 13.8. The summed E-state index contributed by atoms with van der Waals surface area (Å²) in [5, 5.41) is 0. The number of hydrogen-bond donors (Lipinski definition) is 0. The number of methoxy groups -OCH3 is 5. The van der Waals surface area contributed by atoms with E-state index in [1.165, 1.54) is 0 Å². The summed E-state index contributed by atoms with van der Waals surface area (Å²) in [6.45, 7) is 0. The molecule has 0 unspecified atom stereocenters. The number of allylic oxidation sites excluding steroid dienone is 2. The number of benzene rings is 3. The molecule has 6 heteroatoms. The molecule has 0 bridgehead atoms. The standard InChI is InChI=1S/C29H28O6/c1-31-21-10-6-18(7-11-21)14-20-16-25-23(17-26(33-3)29(35-5)28(25)34-4)24(27(20)30)15-19-8-12-22(32-2)13-9-19/h6-15,17H,16H2,1-5H3/b20-14+,24-15+. The fourth-order valence-corrected chi connectivity index (χ4v) is 4.23. The lowest BCUT2D eigenvalue weighted by atomic mass is 9.80. The van der Waals surface area contributed by atoms with Crippen LogP contribution in [0.25, 0.3) is 17.7 Å². The van der Waals surface area contributed by atoms with Gasteiger partial charge in [-0.25, -0.2) is 0 Å². The van der Waals surface area contributed by atoms with Gasteiger partial charge in [0.25, 0.3) is 0 Å². The molecule has 6 nitrogen and oxygen atoms in total. The zero-order valence-electron chi connectivity index (χ0n) is 20.5. The molecule has 0 saturated carbocycles. The Morgan fingerprint density at radius 1 is 0.657 bits per heavy atom. The van der Waals surface area contributed by atoms with Crippen LogP contribution >= 0.6 is 0 Å². The number of carbonyl (C=O) groups excluding carboxylic acids is 1. The van der Waals surface area contributed by atoms with E-state index in [9.17, 15) is 4.79 Å². The molecule has 0 radical (unpaired) electrons. The maximum Gasteiger partial charge on any atom is 0.203 e. The van der Waals surface area contributed by atoms with Crippen LogP contribution in [0, 0.1) is 0 Å². The van der Waals surface area contributed by atoms with E-state index in [0.29, 0.717) is 34.8 Å². The van der Waals surface area contributed by atoms with Crippen LogP contribution in [0.1, 0.15) is 22.3 Å². The monoisotopic (exact) mass is 472 g/mol. The van der Waals surface area contributed by atoms with Crippen molar-refractivity contribution in [3.63, 3.8) is 0 Å². The van der Waals surface area contributed by atoms with Gasteiger partial charge in [0.1, 0.15) is 11.5 Å². The summed E-state index contributed by atoms with van der Waals surface area (Å²) in [5.41, 5.74) is 4.60. The number of carbonyl (C=O) groups is 1. The Balaban J connectivity index is 1.92. The van der Waals surface area contributed by atoms with Crippen molar-refractivity contribution in [3.8, 4) is 28.7 Å². The Morgan fingerprint density at radius 2 is 1.20 bits per heavy atom. The predicted octanol–water partition coefficient (Wildman–Crippen LogP) is 5.48. The fraction of sp³-hybridized carbons (Fsp3) is 0.207. The second kappa shape index (κ2) is 10.4. The van der Waals surface area contributed by atoms with Gasteiger partial charge in [-0.1, -0.05) is 24.3 Å². The molecule has 35 heavy (non-hydrogen) atoms. The van der Waals surface area contributed by atoms with Crippen LogP contribution in [-0.4, -0.2) is 41.3 Å². The second-order valence-electron chi connectivity index (χ2n) is 7.95. The normalized spacial score (nSPS) is 15.1. The van der Waals surface area contributed by atoms with Crippen molar-refractivity contribution in [1.82, 2.24) is 0 Å². The minimum atomic E-state index is -0.0570. The zero-order chi connectivity index (χ0) is 24.9. The molecule has 0 N–H and O–H groups in total. The molecule has 0 aromatic heterocycles. The van der Waals surface area contributed by atoms with Crippen LogP contribution in [-0.2, 0) is 11.2 Å². The summed E-state index contributed by atoms with van der Waals surface area (Å²) in [5.74, 6) is 2.99. The minimum Gasteiger partial charge on any atom is -0.497 e. The Kier molecular flexibility index (Phi) is 7.11. The lowest BCUT2D eigenvalue weighted by molar-refractivity contribution is -0.110. The first-order chi connectivity index (χ1) is 17.0. The summed E-state index contributed by atoms with van der Waals surface area (Å²) in [7, 11) is 7.97. The maximum atomic E-state index is 13.8. The van der Waals surface area contributed by atoms with E-state index in [2.05, 4.69) is 0 Å². The minimum absolute atomic E-state index is 0.0570. The van der Waals surface area contributed by atoms with Gasteiger partial charge in [-0.05, 0) is 59.2 Å². The molecule has 1 aliphatic rings. The third-order valence-electron chi connectivity index (χ3n) is 6.01. The number of ketones is 1. The third kappa shape index (κ3) is 4.73. The van der Waals surface area contributed by atoms with Crippen molar-refractivity contribution in [1.29, 1.82) is 0 Å². The summed E-state index contributed by atoms with van der Waals surface area (Å²) >= 11 is 0. The Morgan fingerprint density at radius 3 is 1.69 bits per heavy atom. The lowest BCUT2D eigenvalue weighted by Crippen LogP contribution is -2.17. The van der Waals surface area contributed by atoms with Gasteiger partial charge in [-0.15, -0.1) is 0 Å². The van der Waals surface area contributed by atoms with Gasteiger partial charge in [0, 0.05) is 23.1 Å². The first-order valence-electron chi connectivity index (χ1n) is 11.1. The molecule has 0 spiro atoms. The molecule has 0 atom stereocenters. The summed E-state index contributed by atoms with van der Waals surface area (Å²) in [6, 6.07) is 17.0. The third-order valence-corrected chi connectivity index (χ3v) is 6.01. The molecule has 0 fully saturated rings. The number of ether oxygens (including phenoxy) is 5.